The Hall–Kier alpha value is -3.88. The summed E-state index contributed by atoms with van der Waals surface area (Å²) in [5.41, 5.74) is 3.28. The van der Waals surface area contributed by atoms with Crippen molar-refractivity contribution in [1.82, 2.24) is 9.13 Å². The number of rotatable bonds is 4. The third kappa shape index (κ3) is 4.19. The Bertz CT molecular complexity index is 1460. The van der Waals surface area contributed by atoms with Gasteiger partial charge in [-0.1, -0.05) is 17.7 Å². The number of piperidine rings is 1. The summed E-state index contributed by atoms with van der Waals surface area (Å²) in [6.45, 7) is 3.99. The molecule has 0 radical (unpaired) electrons. The Morgan fingerprint density at radius 3 is 2.14 bits per heavy atom. The van der Waals surface area contributed by atoms with Gasteiger partial charge in [-0.25, -0.2) is 0 Å². The first kappa shape index (κ1) is 23.8. The van der Waals surface area contributed by atoms with Crippen molar-refractivity contribution in [3.63, 3.8) is 0 Å². The molecule has 0 aliphatic carbocycles. The zero-order chi connectivity index (χ0) is 25.6. The fourth-order valence-electron chi connectivity index (χ4n) is 5.20. The van der Waals surface area contributed by atoms with Gasteiger partial charge in [-0.05, 0) is 50.5 Å². The first-order chi connectivity index (χ1) is 17.2. The molecular weight excluding hydrogens is 458 g/mol. The fourth-order valence-corrected chi connectivity index (χ4v) is 5.20. The number of anilines is 3. The highest BCUT2D eigenvalue weighted by atomic mass is 16.2. The lowest BCUT2D eigenvalue weighted by Gasteiger charge is -2.31. The van der Waals surface area contributed by atoms with Crippen LogP contribution in [0.4, 0.5) is 17.1 Å². The zero-order valence-corrected chi connectivity index (χ0v) is 20.9. The number of hydrogen-bond donors (Lipinski definition) is 1. The molecule has 2 saturated heterocycles. The van der Waals surface area contributed by atoms with E-state index >= 15 is 0 Å². The highest BCUT2D eigenvalue weighted by Crippen LogP contribution is 2.34. The lowest BCUT2D eigenvalue weighted by Crippen LogP contribution is -2.39. The molecular formula is C27H31N5O4. The van der Waals surface area contributed by atoms with Crippen LogP contribution in [-0.4, -0.2) is 40.6 Å². The quantitative estimate of drug-likeness (QED) is 0.568. The molecule has 0 bridgehead atoms. The van der Waals surface area contributed by atoms with Gasteiger partial charge >= 0.3 is 11.1 Å². The van der Waals surface area contributed by atoms with Gasteiger partial charge in [0, 0.05) is 45.8 Å². The Balaban J connectivity index is 1.49. The summed E-state index contributed by atoms with van der Waals surface area (Å²) in [7, 11) is 3.15. The van der Waals surface area contributed by atoms with Crippen molar-refractivity contribution < 1.29 is 9.59 Å². The van der Waals surface area contributed by atoms with Crippen LogP contribution >= 0.6 is 0 Å². The molecule has 1 aromatic heterocycles. The molecule has 0 spiro atoms. The van der Waals surface area contributed by atoms with E-state index in [1.54, 1.807) is 25.1 Å². The van der Waals surface area contributed by atoms with Gasteiger partial charge in [0.1, 0.15) is 0 Å². The van der Waals surface area contributed by atoms with E-state index in [0.29, 0.717) is 23.3 Å². The van der Waals surface area contributed by atoms with Gasteiger partial charge in [-0.15, -0.1) is 0 Å². The fraction of sp³-hybridized carbons (Fsp3) is 0.407. The molecule has 2 aromatic carbocycles. The topological polar surface area (TPSA) is 96.7 Å². The van der Waals surface area contributed by atoms with E-state index in [4.69, 9.17) is 0 Å². The molecule has 0 saturated carbocycles. The number of carbonyl (C=O) groups excluding carboxylic acids is 2. The van der Waals surface area contributed by atoms with Crippen molar-refractivity contribution in [1.29, 1.82) is 0 Å². The molecule has 3 heterocycles. The van der Waals surface area contributed by atoms with Crippen LogP contribution in [0.25, 0.3) is 11.0 Å². The summed E-state index contributed by atoms with van der Waals surface area (Å²) >= 11 is 0. The molecule has 2 aliphatic rings. The smallest absolute Gasteiger partial charge is 0.316 e. The third-order valence-electron chi connectivity index (χ3n) is 7.40. The predicted molar refractivity (Wildman–Crippen MR) is 141 cm³/mol. The Morgan fingerprint density at radius 1 is 0.889 bits per heavy atom. The molecule has 2 aliphatic heterocycles. The summed E-state index contributed by atoms with van der Waals surface area (Å²) in [6.07, 6.45) is 3.37. The lowest BCUT2D eigenvalue weighted by molar-refractivity contribution is -0.122. The van der Waals surface area contributed by atoms with Crippen LogP contribution in [0.2, 0.25) is 0 Å². The number of benzene rings is 2. The predicted octanol–water partition coefficient (Wildman–Crippen LogP) is 2.53. The van der Waals surface area contributed by atoms with Crippen LogP contribution in [0.1, 0.15) is 31.2 Å². The van der Waals surface area contributed by atoms with Crippen LogP contribution in [0.5, 0.6) is 0 Å². The molecule has 3 aromatic rings. The van der Waals surface area contributed by atoms with Gasteiger partial charge in [-0.2, -0.15) is 0 Å². The van der Waals surface area contributed by atoms with Crippen molar-refractivity contribution in [3.05, 3.63) is 62.7 Å². The van der Waals surface area contributed by atoms with E-state index in [-0.39, 0.29) is 18.2 Å². The maximum absolute atomic E-state index is 13.4. The minimum Gasteiger partial charge on any atom is -0.370 e. The SMILES string of the molecule is Cc1ccc(N2C[C@@H](C(=O)Nc3cc4c(cc3N3CCCCC3)n(C)c(=O)c(=O)n4C)CC2=O)cc1. The van der Waals surface area contributed by atoms with Crippen LogP contribution in [0.3, 0.4) is 0 Å². The number of aryl methyl sites for hydroxylation is 3. The van der Waals surface area contributed by atoms with E-state index in [0.717, 1.165) is 49.3 Å². The van der Waals surface area contributed by atoms with Crippen molar-refractivity contribution in [2.75, 3.05) is 34.8 Å². The summed E-state index contributed by atoms with van der Waals surface area (Å²) in [5.74, 6) is -0.802. The van der Waals surface area contributed by atoms with Gasteiger partial charge in [0.2, 0.25) is 11.8 Å². The first-order valence-electron chi connectivity index (χ1n) is 12.4. The summed E-state index contributed by atoms with van der Waals surface area (Å²) < 4.78 is 2.69. The molecule has 2 fully saturated rings. The Kier molecular flexibility index (Phi) is 6.15. The van der Waals surface area contributed by atoms with Gasteiger partial charge in [0.25, 0.3) is 0 Å². The van der Waals surface area contributed by atoms with E-state index in [9.17, 15) is 19.2 Å². The number of hydrogen-bond acceptors (Lipinski definition) is 5. The minimum atomic E-state index is -0.622. The van der Waals surface area contributed by atoms with Gasteiger partial charge in [0.05, 0.1) is 28.3 Å². The molecule has 9 nitrogen and oxygen atoms in total. The second-order valence-corrected chi connectivity index (χ2v) is 9.86. The molecule has 1 N–H and O–H groups in total. The van der Waals surface area contributed by atoms with Crippen LogP contribution < -0.4 is 26.2 Å². The van der Waals surface area contributed by atoms with E-state index in [2.05, 4.69) is 10.2 Å². The van der Waals surface area contributed by atoms with Crippen LogP contribution in [0.15, 0.2) is 46.0 Å². The molecule has 0 unspecified atom stereocenters. The van der Waals surface area contributed by atoms with Crippen molar-refractivity contribution in [2.24, 2.45) is 20.0 Å². The van der Waals surface area contributed by atoms with Crippen LogP contribution in [-0.2, 0) is 23.7 Å². The van der Waals surface area contributed by atoms with Crippen molar-refractivity contribution >= 4 is 39.9 Å². The van der Waals surface area contributed by atoms with Gasteiger partial charge in [0.15, 0.2) is 0 Å². The number of nitrogens with one attached hydrogen (secondary N) is 1. The number of fused-ring (bicyclic) bond motifs is 1. The normalized spacial score (nSPS) is 18.2. The third-order valence-corrected chi connectivity index (χ3v) is 7.40. The molecule has 36 heavy (non-hydrogen) atoms. The number of nitrogens with zero attached hydrogens (tertiary/aromatic N) is 4. The summed E-state index contributed by atoms with van der Waals surface area (Å²) in [4.78, 5) is 54.9. The van der Waals surface area contributed by atoms with Gasteiger partial charge in [-0.3, -0.25) is 19.2 Å². The van der Waals surface area contributed by atoms with E-state index in [1.807, 2.05) is 37.3 Å². The van der Waals surface area contributed by atoms with Gasteiger partial charge < -0.3 is 24.3 Å². The second-order valence-electron chi connectivity index (χ2n) is 9.86. The number of aromatic nitrogens is 2. The average molecular weight is 490 g/mol. The summed E-state index contributed by atoms with van der Waals surface area (Å²) in [6, 6.07) is 11.4. The van der Waals surface area contributed by atoms with Crippen molar-refractivity contribution in [3.8, 4) is 0 Å². The first-order valence-corrected chi connectivity index (χ1v) is 12.4. The number of carbonyl (C=O) groups is 2. The second kappa shape index (κ2) is 9.29. The van der Waals surface area contributed by atoms with E-state index < -0.39 is 17.0 Å². The van der Waals surface area contributed by atoms with E-state index in [1.165, 1.54) is 9.13 Å². The molecule has 2 amide bonds. The Labute approximate surface area is 208 Å². The lowest BCUT2D eigenvalue weighted by atomic mass is 10.1. The Morgan fingerprint density at radius 2 is 1.50 bits per heavy atom. The molecule has 9 heteroatoms. The van der Waals surface area contributed by atoms with Crippen LogP contribution in [0, 0.1) is 12.8 Å². The van der Waals surface area contributed by atoms with Crippen molar-refractivity contribution in [2.45, 2.75) is 32.6 Å². The zero-order valence-electron chi connectivity index (χ0n) is 20.9. The standard InChI is InChI=1S/C27H31N5O4/c1-17-7-9-19(10-8-17)32-16-18(13-24(32)33)25(34)28-20-14-22-23(30(3)27(36)26(35)29(22)2)15-21(20)31-11-5-4-6-12-31/h7-10,14-15,18H,4-6,11-13,16H2,1-3H3,(H,28,34)/t18-/m0/s1. The average Bonchev–Trinajstić information content (AvgIpc) is 3.28. The highest BCUT2D eigenvalue weighted by molar-refractivity contribution is 6.05. The summed E-state index contributed by atoms with van der Waals surface area (Å²) in [5, 5.41) is 3.06. The maximum Gasteiger partial charge on any atom is 0.316 e. The molecule has 1 atom stereocenters. The largest absolute Gasteiger partial charge is 0.370 e. The molecule has 188 valence electrons. The monoisotopic (exact) mass is 489 g/mol. The number of amides is 2. The molecule has 5 rings (SSSR count). The maximum atomic E-state index is 13.4. The highest BCUT2D eigenvalue weighted by Gasteiger charge is 2.35. The minimum absolute atomic E-state index is 0.0776.